The molecule has 0 saturated carbocycles. The van der Waals surface area contributed by atoms with Crippen LogP contribution >= 0.6 is 11.6 Å². The molecule has 0 radical (unpaired) electrons. The summed E-state index contributed by atoms with van der Waals surface area (Å²) in [4.78, 5) is 0. The van der Waals surface area contributed by atoms with Gasteiger partial charge in [-0.2, -0.15) is 5.26 Å². The SMILES string of the molecule is Cc1cc(Cl)c(C(C)(C)CNC(C)C#N)cc1F. The molecule has 98 valence electrons. The zero-order valence-corrected chi connectivity index (χ0v) is 11.9. The number of hydrogen-bond acceptors (Lipinski definition) is 2. The molecular formula is C14H18ClFN2. The molecule has 0 aliphatic rings. The number of rotatable bonds is 4. The minimum atomic E-state index is -0.337. The molecule has 0 aliphatic carbocycles. The standard InChI is InChI=1S/C14H18ClFN2/c1-9-5-12(15)11(6-13(9)16)14(3,4)8-18-10(2)7-17/h5-6,10,18H,8H2,1-4H3. The van der Waals surface area contributed by atoms with Crippen LogP contribution in [0.15, 0.2) is 12.1 Å². The summed E-state index contributed by atoms with van der Waals surface area (Å²) in [6.45, 7) is 7.98. The minimum Gasteiger partial charge on any atom is -0.301 e. The number of nitriles is 1. The van der Waals surface area contributed by atoms with Gasteiger partial charge in [-0.1, -0.05) is 25.4 Å². The summed E-state index contributed by atoms with van der Waals surface area (Å²) in [5.41, 5.74) is 0.958. The Balaban J connectivity index is 2.98. The Labute approximate surface area is 113 Å². The van der Waals surface area contributed by atoms with E-state index in [2.05, 4.69) is 11.4 Å². The molecule has 2 nitrogen and oxygen atoms in total. The van der Waals surface area contributed by atoms with Crippen molar-refractivity contribution in [3.05, 3.63) is 34.1 Å². The van der Waals surface area contributed by atoms with Crippen molar-refractivity contribution < 1.29 is 4.39 Å². The van der Waals surface area contributed by atoms with E-state index in [-0.39, 0.29) is 17.3 Å². The molecule has 0 aromatic heterocycles. The number of benzene rings is 1. The van der Waals surface area contributed by atoms with Gasteiger partial charge in [0.15, 0.2) is 0 Å². The lowest BCUT2D eigenvalue weighted by molar-refractivity contribution is 0.454. The van der Waals surface area contributed by atoms with E-state index in [9.17, 15) is 4.39 Å². The molecule has 1 atom stereocenters. The lowest BCUT2D eigenvalue weighted by atomic mass is 9.84. The van der Waals surface area contributed by atoms with Gasteiger partial charge in [0.25, 0.3) is 0 Å². The third-order valence-corrected chi connectivity index (χ3v) is 3.33. The lowest BCUT2D eigenvalue weighted by Gasteiger charge is -2.27. The molecular weight excluding hydrogens is 251 g/mol. The van der Waals surface area contributed by atoms with Crippen LogP contribution in [-0.4, -0.2) is 12.6 Å². The molecule has 0 bridgehead atoms. The highest BCUT2D eigenvalue weighted by Gasteiger charge is 2.25. The van der Waals surface area contributed by atoms with E-state index in [0.717, 1.165) is 5.56 Å². The molecule has 0 aliphatic heterocycles. The van der Waals surface area contributed by atoms with Crippen molar-refractivity contribution in [3.63, 3.8) is 0 Å². The molecule has 1 N–H and O–H groups in total. The monoisotopic (exact) mass is 268 g/mol. The number of hydrogen-bond donors (Lipinski definition) is 1. The highest BCUT2D eigenvalue weighted by molar-refractivity contribution is 6.31. The van der Waals surface area contributed by atoms with Gasteiger partial charge in [-0.15, -0.1) is 0 Å². The minimum absolute atomic E-state index is 0.238. The van der Waals surface area contributed by atoms with Crippen molar-refractivity contribution in [3.8, 4) is 6.07 Å². The van der Waals surface area contributed by atoms with E-state index < -0.39 is 0 Å². The fourth-order valence-electron chi connectivity index (χ4n) is 1.71. The van der Waals surface area contributed by atoms with Gasteiger partial charge >= 0.3 is 0 Å². The van der Waals surface area contributed by atoms with E-state index in [0.29, 0.717) is 17.1 Å². The van der Waals surface area contributed by atoms with Gasteiger partial charge in [-0.25, -0.2) is 4.39 Å². The van der Waals surface area contributed by atoms with Crippen molar-refractivity contribution in [1.29, 1.82) is 5.26 Å². The molecule has 1 aromatic rings. The zero-order valence-electron chi connectivity index (χ0n) is 11.1. The van der Waals surface area contributed by atoms with Crippen LogP contribution in [0, 0.1) is 24.1 Å². The maximum atomic E-state index is 13.6. The Morgan fingerprint density at radius 1 is 1.50 bits per heavy atom. The summed E-state index contributed by atoms with van der Waals surface area (Å²) in [6.07, 6.45) is 0. The fraction of sp³-hybridized carbons (Fsp3) is 0.500. The maximum absolute atomic E-state index is 13.6. The van der Waals surface area contributed by atoms with Crippen molar-refractivity contribution in [2.24, 2.45) is 0 Å². The summed E-state index contributed by atoms with van der Waals surface area (Å²) < 4.78 is 13.6. The van der Waals surface area contributed by atoms with Gasteiger partial charge in [-0.3, -0.25) is 0 Å². The van der Waals surface area contributed by atoms with Crippen LogP contribution in [-0.2, 0) is 5.41 Å². The third-order valence-electron chi connectivity index (χ3n) is 3.02. The van der Waals surface area contributed by atoms with E-state index in [1.807, 2.05) is 13.8 Å². The largest absolute Gasteiger partial charge is 0.301 e. The van der Waals surface area contributed by atoms with Crippen LogP contribution in [0.4, 0.5) is 4.39 Å². The van der Waals surface area contributed by atoms with Crippen LogP contribution in [0.1, 0.15) is 31.9 Å². The first kappa shape index (κ1) is 14.9. The summed E-state index contributed by atoms with van der Waals surface area (Å²) >= 11 is 6.18. The first-order chi connectivity index (χ1) is 8.27. The van der Waals surface area contributed by atoms with E-state index in [4.69, 9.17) is 16.9 Å². The van der Waals surface area contributed by atoms with E-state index in [1.54, 1.807) is 19.9 Å². The number of aryl methyl sites for hydroxylation is 1. The Morgan fingerprint density at radius 3 is 2.67 bits per heavy atom. The molecule has 0 amide bonds. The van der Waals surface area contributed by atoms with Crippen molar-refractivity contribution in [2.75, 3.05) is 6.54 Å². The van der Waals surface area contributed by atoms with E-state index >= 15 is 0 Å². The maximum Gasteiger partial charge on any atom is 0.126 e. The summed E-state index contributed by atoms with van der Waals surface area (Å²) in [7, 11) is 0. The van der Waals surface area contributed by atoms with Gasteiger partial charge in [0.2, 0.25) is 0 Å². The van der Waals surface area contributed by atoms with Crippen molar-refractivity contribution in [1.82, 2.24) is 5.32 Å². The van der Waals surface area contributed by atoms with Gasteiger partial charge in [0.1, 0.15) is 5.82 Å². The van der Waals surface area contributed by atoms with Gasteiger partial charge in [-0.05, 0) is 37.1 Å². The number of nitrogens with zero attached hydrogens (tertiary/aromatic N) is 1. The molecule has 1 unspecified atom stereocenters. The second-order valence-corrected chi connectivity index (χ2v) is 5.60. The molecule has 18 heavy (non-hydrogen) atoms. The predicted molar refractivity (Wildman–Crippen MR) is 72.3 cm³/mol. The number of halogens is 2. The van der Waals surface area contributed by atoms with Gasteiger partial charge in [0.05, 0.1) is 12.1 Å². The van der Waals surface area contributed by atoms with Gasteiger partial charge in [0, 0.05) is 17.0 Å². The molecule has 0 fully saturated rings. The first-order valence-electron chi connectivity index (χ1n) is 5.87. The Kier molecular flexibility index (Phi) is 4.72. The predicted octanol–water partition coefficient (Wildman–Crippen LogP) is 3.57. The van der Waals surface area contributed by atoms with Gasteiger partial charge < -0.3 is 5.32 Å². The van der Waals surface area contributed by atoms with Crippen molar-refractivity contribution in [2.45, 2.75) is 39.2 Å². The van der Waals surface area contributed by atoms with Crippen LogP contribution in [0.2, 0.25) is 5.02 Å². The topological polar surface area (TPSA) is 35.8 Å². The highest BCUT2D eigenvalue weighted by atomic mass is 35.5. The number of nitrogens with one attached hydrogen (secondary N) is 1. The molecule has 0 heterocycles. The first-order valence-corrected chi connectivity index (χ1v) is 6.25. The zero-order chi connectivity index (χ0) is 13.9. The molecule has 0 saturated heterocycles. The average Bonchev–Trinajstić information content (AvgIpc) is 2.30. The summed E-state index contributed by atoms with van der Waals surface area (Å²) in [5, 5.41) is 12.4. The molecule has 1 aromatic carbocycles. The summed E-state index contributed by atoms with van der Waals surface area (Å²) in [5.74, 6) is -0.254. The Hall–Kier alpha value is -1.11. The fourth-order valence-corrected chi connectivity index (χ4v) is 2.19. The smallest absolute Gasteiger partial charge is 0.126 e. The average molecular weight is 269 g/mol. The normalized spacial score (nSPS) is 13.2. The molecule has 1 rings (SSSR count). The lowest BCUT2D eigenvalue weighted by Crippen LogP contribution is -2.37. The van der Waals surface area contributed by atoms with E-state index in [1.165, 1.54) is 6.07 Å². The van der Waals surface area contributed by atoms with Crippen LogP contribution in [0.5, 0.6) is 0 Å². The van der Waals surface area contributed by atoms with Crippen LogP contribution < -0.4 is 5.32 Å². The molecule has 4 heteroatoms. The Morgan fingerprint density at radius 2 is 2.11 bits per heavy atom. The third kappa shape index (κ3) is 3.44. The van der Waals surface area contributed by atoms with Crippen LogP contribution in [0.3, 0.4) is 0 Å². The summed E-state index contributed by atoms with van der Waals surface area (Å²) in [6, 6.07) is 4.99. The second kappa shape index (κ2) is 5.69. The highest BCUT2D eigenvalue weighted by Crippen LogP contribution is 2.31. The van der Waals surface area contributed by atoms with Crippen molar-refractivity contribution >= 4 is 11.6 Å². The molecule has 0 spiro atoms. The van der Waals surface area contributed by atoms with Crippen LogP contribution in [0.25, 0.3) is 0 Å². The quantitative estimate of drug-likeness (QED) is 0.906. The second-order valence-electron chi connectivity index (χ2n) is 5.20. The Bertz CT molecular complexity index is 477.